The molecule has 3 rings (SSSR count). The Kier molecular flexibility index (Phi) is 2.05. The van der Waals surface area contributed by atoms with Crippen molar-refractivity contribution in [2.24, 2.45) is 7.05 Å². The van der Waals surface area contributed by atoms with E-state index in [0.29, 0.717) is 11.6 Å². The third kappa shape index (κ3) is 1.23. The van der Waals surface area contributed by atoms with Crippen LogP contribution in [0.25, 0.3) is 10.9 Å². The van der Waals surface area contributed by atoms with Crippen molar-refractivity contribution in [3.8, 4) is 11.8 Å². The largest absolute Gasteiger partial charge is 0.496 e. The first-order valence-corrected chi connectivity index (χ1v) is 5.84. The highest BCUT2D eigenvalue weighted by molar-refractivity contribution is 5.96. The number of aryl methyl sites for hydroxylation is 1. The predicted molar refractivity (Wildman–Crippen MR) is 68.2 cm³/mol. The molecule has 0 unspecified atom stereocenters. The molecule has 1 heterocycles. The molecule has 1 aliphatic rings. The summed E-state index contributed by atoms with van der Waals surface area (Å²) >= 11 is 0. The Bertz CT molecular complexity index is 676. The molecule has 0 radical (unpaired) electrons. The Morgan fingerprint density at radius 1 is 1.50 bits per heavy atom. The fourth-order valence-electron chi connectivity index (χ4n) is 2.51. The van der Waals surface area contributed by atoms with E-state index >= 15 is 0 Å². The lowest BCUT2D eigenvalue weighted by atomic mass is 9.95. The highest BCUT2D eigenvalue weighted by atomic mass is 16.5. The maximum atomic E-state index is 9.32. The van der Waals surface area contributed by atoms with E-state index in [1.807, 2.05) is 19.2 Å². The van der Waals surface area contributed by atoms with E-state index < -0.39 is 0 Å². The van der Waals surface area contributed by atoms with Gasteiger partial charge >= 0.3 is 0 Å². The summed E-state index contributed by atoms with van der Waals surface area (Å²) < 4.78 is 7.22. The minimum atomic E-state index is -0.387. The number of nitrogen functional groups attached to an aromatic ring is 1. The van der Waals surface area contributed by atoms with E-state index in [0.717, 1.165) is 29.3 Å². The average Bonchev–Trinajstić information content (AvgIpc) is 3.12. The molecule has 0 saturated heterocycles. The fourth-order valence-corrected chi connectivity index (χ4v) is 2.51. The van der Waals surface area contributed by atoms with Gasteiger partial charge in [0.15, 0.2) is 5.82 Å². The normalized spacial score (nSPS) is 16.5. The number of aromatic nitrogens is 2. The van der Waals surface area contributed by atoms with Crippen molar-refractivity contribution in [1.29, 1.82) is 5.26 Å². The third-order valence-corrected chi connectivity index (χ3v) is 3.68. The number of rotatable bonds is 2. The van der Waals surface area contributed by atoms with E-state index in [9.17, 15) is 5.26 Å². The van der Waals surface area contributed by atoms with E-state index in [1.165, 1.54) is 0 Å². The van der Waals surface area contributed by atoms with Crippen molar-refractivity contribution in [3.63, 3.8) is 0 Å². The smallest absolute Gasteiger partial charge is 0.157 e. The monoisotopic (exact) mass is 242 g/mol. The number of nitrogens with zero attached hydrogens (tertiary/aromatic N) is 3. The van der Waals surface area contributed by atoms with Crippen LogP contribution >= 0.6 is 0 Å². The van der Waals surface area contributed by atoms with Gasteiger partial charge in [-0.2, -0.15) is 10.4 Å². The lowest BCUT2D eigenvalue weighted by molar-refractivity contribution is 0.413. The summed E-state index contributed by atoms with van der Waals surface area (Å²) in [5.41, 5.74) is 7.39. The number of ether oxygens (including phenoxy) is 1. The standard InChI is InChI=1S/C13H14N4O/c1-17-9-4-3-8(13(7-14)5-6-13)11(18-2)10(9)12(15)16-17/h3-4H,5-6H2,1-2H3,(H2,15,16). The van der Waals surface area contributed by atoms with Crippen LogP contribution in [0.5, 0.6) is 5.75 Å². The van der Waals surface area contributed by atoms with Gasteiger partial charge in [-0.15, -0.1) is 0 Å². The Balaban J connectivity index is 2.36. The maximum Gasteiger partial charge on any atom is 0.157 e. The molecule has 1 aromatic heterocycles. The number of anilines is 1. The Hall–Kier alpha value is -2.22. The van der Waals surface area contributed by atoms with Crippen molar-refractivity contribution >= 4 is 16.7 Å². The van der Waals surface area contributed by atoms with Gasteiger partial charge in [-0.25, -0.2) is 0 Å². The van der Waals surface area contributed by atoms with Crippen molar-refractivity contribution < 1.29 is 4.74 Å². The van der Waals surface area contributed by atoms with Crippen LogP contribution in [0, 0.1) is 11.3 Å². The van der Waals surface area contributed by atoms with Gasteiger partial charge in [0.25, 0.3) is 0 Å². The number of methoxy groups -OCH3 is 1. The molecule has 0 aliphatic heterocycles. The molecule has 1 aromatic carbocycles. The molecule has 0 spiro atoms. The summed E-state index contributed by atoms with van der Waals surface area (Å²) in [6.07, 6.45) is 1.76. The Labute approximate surface area is 105 Å². The number of hydrogen-bond acceptors (Lipinski definition) is 4. The number of hydrogen-bond donors (Lipinski definition) is 1. The minimum Gasteiger partial charge on any atom is -0.496 e. The minimum absolute atomic E-state index is 0.387. The molecule has 2 N–H and O–H groups in total. The highest BCUT2D eigenvalue weighted by Crippen LogP contribution is 2.52. The summed E-state index contributed by atoms with van der Waals surface area (Å²) in [6, 6.07) is 6.30. The van der Waals surface area contributed by atoms with Gasteiger partial charge in [0.1, 0.15) is 5.75 Å². The molecule has 92 valence electrons. The molecule has 1 saturated carbocycles. The van der Waals surface area contributed by atoms with Crippen molar-refractivity contribution in [1.82, 2.24) is 9.78 Å². The predicted octanol–water partition coefficient (Wildman–Crippen LogP) is 1.72. The van der Waals surface area contributed by atoms with Gasteiger partial charge in [0.2, 0.25) is 0 Å². The molecule has 5 heteroatoms. The quantitative estimate of drug-likeness (QED) is 0.869. The second-order valence-corrected chi connectivity index (χ2v) is 4.74. The first-order valence-electron chi connectivity index (χ1n) is 5.84. The fraction of sp³-hybridized carbons (Fsp3) is 0.385. The highest BCUT2D eigenvalue weighted by Gasteiger charge is 2.47. The zero-order valence-electron chi connectivity index (χ0n) is 10.4. The molecule has 5 nitrogen and oxygen atoms in total. The zero-order chi connectivity index (χ0) is 12.9. The first-order chi connectivity index (χ1) is 8.63. The topological polar surface area (TPSA) is 76.9 Å². The number of fused-ring (bicyclic) bond motifs is 1. The van der Waals surface area contributed by atoms with Crippen LogP contribution in [0.4, 0.5) is 5.82 Å². The molecule has 1 fully saturated rings. The lowest BCUT2D eigenvalue weighted by Crippen LogP contribution is -2.06. The second kappa shape index (κ2) is 3.39. The van der Waals surface area contributed by atoms with Crippen LogP contribution in [0.15, 0.2) is 12.1 Å². The van der Waals surface area contributed by atoms with Gasteiger partial charge in [-0.1, -0.05) is 6.07 Å². The van der Waals surface area contributed by atoms with Gasteiger partial charge in [0, 0.05) is 12.6 Å². The SMILES string of the molecule is COc1c(C2(C#N)CC2)ccc2c1c(N)nn2C. The van der Waals surface area contributed by atoms with E-state index in [2.05, 4.69) is 11.2 Å². The van der Waals surface area contributed by atoms with Gasteiger partial charge in [-0.3, -0.25) is 4.68 Å². The van der Waals surface area contributed by atoms with Gasteiger partial charge in [-0.05, 0) is 18.9 Å². The Morgan fingerprint density at radius 2 is 2.22 bits per heavy atom. The lowest BCUT2D eigenvalue weighted by Gasteiger charge is -2.13. The number of nitriles is 1. The zero-order valence-corrected chi connectivity index (χ0v) is 10.4. The molecular formula is C13H14N4O. The summed E-state index contributed by atoms with van der Waals surface area (Å²) in [4.78, 5) is 0. The molecule has 1 aliphatic carbocycles. The molecule has 18 heavy (non-hydrogen) atoms. The van der Waals surface area contributed by atoms with Crippen LogP contribution < -0.4 is 10.5 Å². The molecular weight excluding hydrogens is 228 g/mol. The van der Waals surface area contributed by atoms with Crippen LogP contribution in [-0.2, 0) is 12.5 Å². The molecule has 0 bridgehead atoms. The van der Waals surface area contributed by atoms with Gasteiger partial charge < -0.3 is 10.5 Å². The average molecular weight is 242 g/mol. The van der Waals surface area contributed by atoms with E-state index in [1.54, 1.807) is 11.8 Å². The van der Waals surface area contributed by atoms with Crippen LogP contribution in [0.3, 0.4) is 0 Å². The van der Waals surface area contributed by atoms with Gasteiger partial charge in [0.05, 0.1) is 29.5 Å². The van der Waals surface area contributed by atoms with Crippen LogP contribution in [-0.4, -0.2) is 16.9 Å². The maximum absolute atomic E-state index is 9.32. The number of benzene rings is 1. The molecule has 2 aromatic rings. The van der Waals surface area contributed by atoms with E-state index in [4.69, 9.17) is 10.5 Å². The van der Waals surface area contributed by atoms with E-state index in [-0.39, 0.29) is 5.41 Å². The second-order valence-electron chi connectivity index (χ2n) is 4.74. The number of nitrogens with two attached hydrogens (primary N) is 1. The summed E-state index contributed by atoms with van der Waals surface area (Å²) in [5.74, 6) is 1.14. The Morgan fingerprint density at radius 3 is 2.78 bits per heavy atom. The van der Waals surface area contributed by atoms with Crippen molar-refractivity contribution in [2.75, 3.05) is 12.8 Å². The van der Waals surface area contributed by atoms with Crippen LogP contribution in [0.1, 0.15) is 18.4 Å². The summed E-state index contributed by atoms with van der Waals surface area (Å²) in [6.45, 7) is 0. The molecule has 0 atom stereocenters. The van der Waals surface area contributed by atoms with Crippen molar-refractivity contribution in [2.45, 2.75) is 18.3 Å². The summed E-state index contributed by atoms with van der Waals surface area (Å²) in [5, 5.41) is 14.3. The molecule has 0 amide bonds. The van der Waals surface area contributed by atoms with Crippen LogP contribution in [0.2, 0.25) is 0 Å². The summed E-state index contributed by atoms with van der Waals surface area (Å²) in [7, 11) is 3.45. The van der Waals surface area contributed by atoms with Crippen molar-refractivity contribution in [3.05, 3.63) is 17.7 Å². The first kappa shape index (κ1) is 10.9. The third-order valence-electron chi connectivity index (χ3n) is 3.68.